The Kier molecular flexibility index (Phi) is 7.76. The van der Waals surface area contributed by atoms with E-state index in [2.05, 4.69) is 16.0 Å². The van der Waals surface area contributed by atoms with Crippen LogP contribution in [0.5, 0.6) is 0 Å². The Hall–Kier alpha value is -3.73. The van der Waals surface area contributed by atoms with Crippen molar-refractivity contribution in [2.24, 2.45) is 0 Å². The van der Waals surface area contributed by atoms with Gasteiger partial charge in [0.15, 0.2) is 0 Å². The third-order valence-electron chi connectivity index (χ3n) is 5.39. The molecule has 35 heavy (non-hydrogen) atoms. The lowest BCUT2D eigenvalue weighted by atomic mass is 10.1. The lowest BCUT2D eigenvalue weighted by Gasteiger charge is -2.26. The monoisotopic (exact) mass is 494 g/mol. The second kappa shape index (κ2) is 11.1. The van der Waals surface area contributed by atoms with Gasteiger partial charge in [-0.2, -0.15) is 4.31 Å². The molecule has 0 spiro atoms. The van der Waals surface area contributed by atoms with Gasteiger partial charge >= 0.3 is 0 Å². The molecule has 0 atom stereocenters. The molecule has 0 aliphatic carbocycles. The van der Waals surface area contributed by atoms with Gasteiger partial charge in [0.2, 0.25) is 15.9 Å². The van der Waals surface area contributed by atoms with E-state index in [9.17, 15) is 18.0 Å². The fraction of sp³-hybridized carbons (Fsp3) is 0.200. The van der Waals surface area contributed by atoms with Crippen LogP contribution < -0.4 is 16.0 Å². The third-order valence-corrected chi connectivity index (χ3v) is 7.31. The van der Waals surface area contributed by atoms with Crippen molar-refractivity contribution in [3.05, 3.63) is 84.4 Å². The number of morpholine rings is 1. The van der Waals surface area contributed by atoms with Crippen LogP contribution in [0.15, 0.2) is 83.8 Å². The molecule has 0 bridgehead atoms. The summed E-state index contributed by atoms with van der Waals surface area (Å²) in [6.45, 7) is 1.35. The van der Waals surface area contributed by atoms with Crippen molar-refractivity contribution in [1.29, 1.82) is 0 Å². The summed E-state index contributed by atoms with van der Waals surface area (Å²) in [5, 5.41) is 8.53. The van der Waals surface area contributed by atoms with E-state index in [1.165, 1.54) is 16.4 Å². The molecular weight excluding hydrogens is 468 g/mol. The molecule has 0 aromatic heterocycles. The van der Waals surface area contributed by atoms with E-state index in [4.69, 9.17) is 4.74 Å². The smallest absolute Gasteiger partial charge is 0.257 e. The summed E-state index contributed by atoms with van der Waals surface area (Å²) in [5.74, 6) is -0.688. The van der Waals surface area contributed by atoms with Crippen LogP contribution in [-0.2, 0) is 19.6 Å². The molecule has 1 fully saturated rings. The minimum atomic E-state index is -3.58. The van der Waals surface area contributed by atoms with E-state index in [-0.39, 0.29) is 23.3 Å². The summed E-state index contributed by atoms with van der Waals surface area (Å²) in [6, 6.07) is 22.0. The second-order valence-electron chi connectivity index (χ2n) is 7.81. The molecule has 2 amide bonds. The summed E-state index contributed by atoms with van der Waals surface area (Å²) in [4.78, 5) is 25.4. The van der Waals surface area contributed by atoms with E-state index in [0.29, 0.717) is 48.9 Å². The zero-order valence-corrected chi connectivity index (χ0v) is 19.8. The molecule has 1 heterocycles. The number of carbonyl (C=O) groups excluding carboxylic acids is 2. The van der Waals surface area contributed by atoms with Crippen LogP contribution in [0.4, 0.5) is 17.1 Å². The number of hydrogen-bond donors (Lipinski definition) is 3. The van der Waals surface area contributed by atoms with Crippen molar-refractivity contribution in [2.75, 3.05) is 48.8 Å². The molecule has 9 nitrogen and oxygen atoms in total. The van der Waals surface area contributed by atoms with E-state index < -0.39 is 10.0 Å². The van der Waals surface area contributed by atoms with Gasteiger partial charge in [-0.25, -0.2) is 8.42 Å². The Balaban J connectivity index is 1.34. The minimum Gasteiger partial charge on any atom is -0.379 e. The molecule has 1 aliphatic rings. The van der Waals surface area contributed by atoms with E-state index in [1.807, 2.05) is 18.2 Å². The Morgan fingerprint density at radius 3 is 2.17 bits per heavy atom. The topological polar surface area (TPSA) is 117 Å². The van der Waals surface area contributed by atoms with E-state index in [0.717, 1.165) is 0 Å². The molecule has 3 aromatic carbocycles. The molecule has 3 aromatic rings. The van der Waals surface area contributed by atoms with Gasteiger partial charge in [0, 0.05) is 24.5 Å². The standard InChI is InChI=1S/C25H26N4O5S/c30-24(28-23-9-5-4-8-22(23)25(31)27-20-6-2-1-3-7-20)18-26-19-10-12-21(13-11-19)35(32,33)29-14-16-34-17-15-29/h1-13,26H,14-18H2,(H,27,31)(H,28,30). The normalized spacial score (nSPS) is 14.2. The van der Waals surface area contributed by atoms with Gasteiger partial charge in [0.1, 0.15) is 0 Å². The summed E-state index contributed by atoms with van der Waals surface area (Å²) in [7, 11) is -3.58. The minimum absolute atomic E-state index is 0.0653. The maximum absolute atomic E-state index is 12.7. The Morgan fingerprint density at radius 1 is 0.800 bits per heavy atom. The van der Waals surface area contributed by atoms with Crippen LogP contribution >= 0.6 is 0 Å². The predicted molar refractivity (Wildman–Crippen MR) is 134 cm³/mol. The highest BCUT2D eigenvalue weighted by Crippen LogP contribution is 2.20. The average Bonchev–Trinajstić information content (AvgIpc) is 2.89. The van der Waals surface area contributed by atoms with E-state index >= 15 is 0 Å². The summed E-state index contributed by atoms with van der Waals surface area (Å²) in [5.41, 5.74) is 1.97. The lowest BCUT2D eigenvalue weighted by Crippen LogP contribution is -2.40. The first-order chi connectivity index (χ1) is 16.9. The van der Waals surface area contributed by atoms with Crippen LogP contribution in [0.25, 0.3) is 0 Å². The molecule has 4 rings (SSSR count). The SMILES string of the molecule is O=C(CNc1ccc(S(=O)(=O)N2CCOCC2)cc1)Nc1ccccc1C(=O)Nc1ccccc1. The molecule has 10 heteroatoms. The number of nitrogens with one attached hydrogen (secondary N) is 3. The highest BCUT2D eigenvalue weighted by molar-refractivity contribution is 7.89. The lowest BCUT2D eigenvalue weighted by molar-refractivity contribution is -0.114. The largest absolute Gasteiger partial charge is 0.379 e. The summed E-state index contributed by atoms with van der Waals surface area (Å²) in [6.07, 6.45) is 0. The van der Waals surface area contributed by atoms with Crippen LogP contribution in [-0.4, -0.2) is 57.4 Å². The molecule has 0 unspecified atom stereocenters. The average molecular weight is 495 g/mol. The Labute approximate surface area is 204 Å². The number of ether oxygens (including phenoxy) is 1. The highest BCUT2D eigenvalue weighted by Gasteiger charge is 2.26. The van der Waals surface area contributed by atoms with Crippen LogP contribution in [0.2, 0.25) is 0 Å². The van der Waals surface area contributed by atoms with Crippen molar-refractivity contribution < 1.29 is 22.7 Å². The summed E-state index contributed by atoms with van der Waals surface area (Å²) >= 11 is 0. The fourth-order valence-corrected chi connectivity index (χ4v) is 4.98. The number of benzene rings is 3. The van der Waals surface area contributed by atoms with Crippen molar-refractivity contribution in [2.45, 2.75) is 4.90 Å². The highest BCUT2D eigenvalue weighted by atomic mass is 32.2. The number of nitrogens with zero attached hydrogens (tertiary/aromatic N) is 1. The van der Waals surface area contributed by atoms with Crippen molar-refractivity contribution in [3.8, 4) is 0 Å². The molecule has 3 N–H and O–H groups in total. The molecular formula is C25H26N4O5S. The quantitative estimate of drug-likeness (QED) is 0.443. The van der Waals surface area contributed by atoms with Crippen molar-refractivity contribution in [1.82, 2.24) is 4.31 Å². The van der Waals surface area contributed by atoms with Gasteiger partial charge in [-0.05, 0) is 48.5 Å². The van der Waals surface area contributed by atoms with Crippen LogP contribution in [0.1, 0.15) is 10.4 Å². The number of amides is 2. The number of sulfonamides is 1. The van der Waals surface area contributed by atoms with Crippen molar-refractivity contribution in [3.63, 3.8) is 0 Å². The predicted octanol–water partition coefficient (Wildman–Crippen LogP) is 3.01. The van der Waals surface area contributed by atoms with Gasteiger partial charge in [-0.1, -0.05) is 30.3 Å². The molecule has 1 saturated heterocycles. The Morgan fingerprint density at radius 2 is 1.46 bits per heavy atom. The third kappa shape index (κ3) is 6.24. The number of rotatable bonds is 8. The van der Waals surface area contributed by atoms with Gasteiger partial charge in [-0.3, -0.25) is 9.59 Å². The van der Waals surface area contributed by atoms with Crippen LogP contribution in [0, 0.1) is 0 Å². The molecule has 182 valence electrons. The maximum atomic E-state index is 12.7. The number of anilines is 3. The van der Waals surface area contributed by atoms with Gasteiger partial charge < -0.3 is 20.7 Å². The van der Waals surface area contributed by atoms with Crippen molar-refractivity contribution >= 4 is 38.9 Å². The number of para-hydroxylation sites is 2. The van der Waals surface area contributed by atoms with Gasteiger partial charge in [0.05, 0.1) is 35.9 Å². The Bertz CT molecular complexity index is 1270. The van der Waals surface area contributed by atoms with E-state index in [1.54, 1.807) is 48.5 Å². The zero-order chi connectivity index (χ0) is 24.7. The first-order valence-corrected chi connectivity index (χ1v) is 12.5. The van der Waals surface area contributed by atoms with Gasteiger partial charge in [-0.15, -0.1) is 0 Å². The molecule has 1 aliphatic heterocycles. The zero-order valence-electron chi connectivity index (χ0n) is 18.9. The summed E-state index contributed by atoms with van der Waals surface area (Å²) < 4.78 is 32.1. The maximum Gasteiger partial charge on any atom is 0.257 e. The van der Waals surface area contributed by atoms with Crippen LogP contribution in [0.3, 0.4) is 0 Å². The molecule has 0 radical (unpaired) electrons. The molecule has 0 saturated carbocycles. The number of carbonyl (C=O) groups is 2. The van der Waals surface area contributed by atoms with Gasteiger partial charge in [0.25, 0.3) is 5.91 Å². The first kappa shape index (κ1) is 24.4. The first-order valence-electron chi connectivity index (χ1n) is 11.1. The number of hydrogen-bond acceptors (Lipinski definition) is 6. The second-order valence-corrected chi connectivity index (χ2v) is 9.75. The fourth-order valence-electron chi connectivity index (χ4n) is 3.57.